The molecule has 1 saturated heterocycles. The zero-order valence-corrected chi connectivity index (χ0v) is 17.0. The van der Waals surface area contributed by atoms with E-state index in [0.29, 0.717) is 6.10 Å². The van der Waals surface area contributed by atoms with E-state index < -0.39 is 0 Å². The fourth-order valence-electron chi connectivity index (χ4n) is 2.12. The highest BCUT2D eigenvalue weighted by Crippen LogP contribution is 2.07. The predicted octanol–water partition coefficient (Wildman–Crippen LogP) is 2.17. The molecule has 0 saturated carbocycles. The van der Waals surface area contributed by atoms with Gasteiger partial charge in [0.25, 0.3) is 0 Å². The van der Waals surface area contributed by atoms with Gasteiger partial charge >= 0.3 is 0 Å². The van der Waals surface area contributed by atoms with Crippen LogP contribution in [0.1, 0.15) is 39.0 Å². The summed E-state index contributed by atoms with van der Waals surface area (Å²) in [6.07, 6.45) is 5.62. The average Bonchev–Trinajstić information content (AvgIpc) is 3.05. The van der Waals surface area contributed by atoms with Crippen LogP contribution in [-0.2, 0) is 14.2 Å². The summed E-state index contributed by atoms with van der Waals surface area (Å²) in [5, 5.41) is 6.58. The van der Waals surface area contributed by atoms with Gasteiger partial charge in [-0.3, -0.25) is 4.99 Å². The number of ether oxygens (including phenoxy) is 3. The highest BCUT2D eigenvalue weighted by Gasteiger charge is 2.15. The summed E-state index contributed by atoms with van der Waals surface area (Å²) in [6.45, 7) is 7.94. The van der Waals surface area contributed by atoms with Gasteiger partial charge in [0.15, 0.2) is 5.96 Å². The lowest BCUT2D eigenvalue weighted by molar-refractivity contribution is 0.0420. The monoisotopic (exact) mass is 443 g/mol. The molecule has 23 heavy (non-hydrogen) atoms. The number of aliphatic imine (C=N–C) groups is 1. The van der Waals surface area contributed by atoms with Crippen LogP contribution in [0.5, 0.6) is 0 Å². The first kappa shape index (κ1) is 22.9. The molecule has 0 aromatic heterocycles. The summed E-state index contributed by atoms with van der Waals surface area (Å²) in [6, 6.07) is 0. The molecule has 1 rings (SSSR count). The summed E-state index contributed by atoms with van der Waals surface area (Å²) in [4.78, 5) is 4.20. The van der Waals surface area contributed by atoms with Gasteiger partial charge in [0.05, 0.1) is 12.7 Å². The topological polar surface area (TPSA) is 64.1 Å². The molecule has 138 valence electrons. The van der Waals surface area contributed by atoms with Crippen LogP contribution in [0.4, 0.5) is 0 Å². The molecular formula is C16H34IN3O3. The molecule has 1 atom stereocenters. The van der Waals surface area contributed by atoms with Gasteiger partial charge in [0.1, 0.15) is 0 Å². The largest absolute Gasteiger partial charge is 0.381 e. The molecule has 1 unspecified atom stereocenters. The molecule has 1 heterocycles. The van der Waals surface area contributed by atoms with E-state index in [1.807, 2.05) is 0 Å². The second-order valence-corrected chi connectivity index (χ2v) is 5.46. The van der Waals surface area contributed by atoms with Crippen molar-refractivity contribution in [2.24, 2.45) is 4.99 Å². The van der Waals surface area contributed by atoms with Crippen LogP contribution in [0, 0.1) is 0 Å². The van der Waals surface area contributed by atoms with Gasteiger partial charge in [0, 0.05) is 46.6 Å². The van der Waals surface area contributed by atoms with E-state index in [1.165, 1.54) is 6.42 Å². The van der Waals surface area contributed by atoms with E-state index in [1.54, 1.807) is 7.05 Å². The number of rotatable bonds is 12. The van der Waals surface area contributed by atoms with Crippen LogP contribution in [-0.4, -0.2) is 65.2 Å². The molecule has 7 heteroatoms. The third-order valence-electron chi connectivity index (χ3n) is 3.48. The number of hydrogen-bond acceptors (Lipinski definition) is 4. The Bertz CT molecular complexity index is 288. The van der Waals surface area contributed by atoms with Crippen molar-refractivity contribution in [2.45, 2.75) is 45.1 Å². The standard InChI is InChI=1S/C16H33N3O3.HI/c1-3-4-10-20-11-5-8-18-16(17-2)19-9-6-12-22-15-7-13-21-14-15;/h15H,3-14H2,1-2H3,(H2,17,18,19);1H. The van der Waals surface area contributed by atoms with Gasteiger partial charge in [-0.2, -0.15) is 0 Å². The first-order chi connectivity index (χ1) is 10.9. The molecule has 0 aromatic rings. The van der Waals surface area contributed by atoms with E-state index in [0.717, 1.165) is 77.8 Å². The smallest absolute Gasteiger partial charge is 0.190 e. The Morgan fingerprint density at radius 2 is 1.83 bits per heavy atom. The maximum absolute atomic E-state index is 5.72. The van der Waals surface area contributed by atoms with Gasteiger partial charge < -0.3 is 24.8 Å². The lowest BCUT2D eigenvalue weighted by Gasteiger charge is -2.13. The fourth-order valence-corrected chi connectivity index (χ4v) is 2.12. The van der Waals surface area contributed by atoms with Crippen molar-refractivity contribution in [1.29, 1.82) is 0 Å². The first-order valence-corrected chi connectivity index (χ1v) is 8.58. The van der Waals surface area contributed by atoms with E-state index in [9.17, 15) is 0 Å². The Balaban J connectivity index is 0.00000484. The second-order valence-electron chi connectivity index (χ2n) is 5.46. The van der Waals surface area contributed by atoms with E-state index in [2.05, 4.69) is 22.5 Å². The zero-order valence-electron chi connectivity index (χ0n) is 14.6. The Kier molecular flexibility index (Phi) is 16.6. The Hall–Kier alpha value is -0.120. The molecule has 0 aliphatic carbocycles. The molecule has 1 aliphatic heterocycles. The molecular weight excluding hydrogens is 409 g/mol. The molecule has 1 aliphatic rings. The zero-order chi connectivity index (χ0) is 15.9. The predicted molar refractivity (Wildman–Crippen MR) is 105 cm³/mol. The number of nitrogens with zero attached hydrogens (tertiary/aromatic N) is 1. The molecule has 0 bridgehead atoms. The molecule has 0 aromatic carbocycles. The normalized spacial score (nSPS) is 17.8. The summed E-state index contributed by atoms with van der Waals surface area (Å²) in [5.41, 5.74) is 0. The van der Waals surface area contributed by atoms with Gasteiger partial charge in [-0.15, -0.1) is 24.0 Å². The Morgan fingerprint density at radius 1 is 1.13 bits per heavy atom. The van der Waals surface area contributed by atoms with Crippen molar-refractivity contribution in [3.63, 3.8) is 0 Å². The van der Waals surface area contributed by atoms with Gasteiger partial charge in [-0.25, -0.2) is 0 Å². The molecule has 2 N–H and O–H groups in total. The summed E-state index contributed by atoms with van der Waals surface area (Å²) in [7, 11) is 1.79. The molecule has 6 nitrogen and oxygen atoms in total. The van der Waals surface area contributed by atoms with Crippen molar-refractivity contribution in [3.05, 3.63) is 0 Å². The van der Waals surface area contributed by atoms with E-state index in [-0.39, 0.29) is 24.0 Å². The maximum Gasteiger partial charge on any atom is 0.190 e. The third-order valence-corrected chi connectivity index (χ3v) is 3.48. The van der Waals surface area contributed by atoms with Crippen molar-refractivity contribution in [2.75, 3.05) is 53.2 Å². The van der Waals surface area contributed by atoms with Crippen LogP contribution in [0.2, 0.25) is 0 Å². The van der Waals surface area contributed by atoms with Crippen molar-refractivity contribution in [1.82, 2.24) is 10.6 Å². The lowest BCUT2D eigenvalue weighted by Crippen LogP contribution is -2.38. The van der Waals surface area contributed by atoms with Crippen molar-refractivity contribution >= 4 is 29.9 Å². The SMILES string of the molecule is CCCCOCCCNC(=NC)NCCCOC1CCOC1.I. The van der Waals surface area contributed by atoms with Crippen molar-refractivity contribution in [3.8, 4) is 0 Å². The minimum atomic E-state index is 0. The number of unbranched alkanes of at least 4 members (excludes halogenated alkanes) is 1. The molecule has 0 radical (unpaired) electrons. The summed E-state index contributed by atoms with van der Waals surface area (Å²) >= 11 is 0. The maximum atomic E-state index is 5.72. The van der Waals surface area contributed by atoms with E-state index >= 15 is 0 Å². The molecule has 0 amide bonds. The quantitative estimate of drug-likeness (QED) is 0.210. The fraction of sp³-hybridized carbons (Fsp3) is 0.938. The number of nitrogens with one attached hydrogen (secondary N) is 2. The average molecular weight is 443 g/mol. The summed E-state index contributed by atoms with van der Waals surface area (Å²) < 4.78 is 16.5. The highest BCUT2D eigenvalue weighted by atomic mass is 127. The number of guanidine groups is 1. The minimum Gasteiger partial charge on any atom is -0.381 e. The van der Waals surface area contributed by atoms with Crippen LogP contribution >= 0.6 is 24.0 Å². The first-order valence-electron chi connectivity index (χ1n) is 8.58. The van der Waals surface area contributed by atoms with E-state index in [4.69, 9.17) is 14.2 Å². The summed E-state index contributed by atoms with van der Waals surface area (Å²) in [5.74, 6) is 0.845. The van der Waals surface area contributed by atoms with Crippen LogP contribution in [0.25, 0.3) is 0 Å². The van der Waals surface area contributed by atoms with Crippen molar-refractivity contribution < 1.29 is 14.2 Å². The van der Waals surface area contributed by atoms with Gasteiger partial charge in [-0.1, -0.05) is 13.3 Å². The van der Waals surface area contributed by atoms with Gasteiger partial charge in [0.2, 0.25) is 0 Å². The van der Waals surface area contributed by atoms with Gasteiger partial charge in [-0.05, 0) is 25.7 Å². The number of halogens is 1. The van der Waals surface area contributed by atoms with Crippen LogP contribution in [0.15, 0.2) is 4.99 Å². The molecule has 1 fully saturated rings. The second kappa shape index (κ2) is 16.7. The lowest BCUT2D eigenvalue weighted by atomic mass is 10.3. The third kappa shape index (κ3) is 12.9. The Morgan fingerprint density at radius 3 is 2.43 bits per heavy atom. The van der Waals surface area contributed by atoms with Crippen LogP contribution < -0.4 is 10.6 Å². The molecule has 0 spiro atoms. The highest BCUT2D eigenvalue weighted by molar-refractivity contribution is 14.0. The minimum absolute atomic E-state index is 0. The van der Waals surface area contributed by atoms with Crippen LogP contribution in [0.3, 0.4) is 0 Å². The number of hydrogen-bond donors (Lipinski definition) is 2. The Labute approximate surface area is 158 Å².